The van der Waals surface area contributed by atoms with Crippen LogP contribution >= 0.6 is 0 Å². The van der Waals surface area contributed by atoms with Crippen molar-refractivity contribution >= 4 is 0 Å². The molecular weight excluding hydrogens is 240 g/mol. The third kappa shape index (κ3) is 3.45. The molecular formula is C20H32. The summed E-state index contributed by atoms with van der Waals surface area (Å²) >= 11 is 0. The summed E-state index contributed by atoms with van der Waals surface area (Å²) in [4.78, 5) is 0. The summed E-state index contributed by atoms with van der Waals surface area (Å²) in [6, 6.07) is 0. The minimum absolute atomic E-state index is 0.387. The van der Waals surface area contributed by atoms with Gasteiger partial charge >= 0.3 is 0 Å². The topological polar surface area (TPSA) is 0 Å². The van der Waals surface area contributed by atoms with Crippen LogP contribution in [0.1, 0.15) is 79.6 Å². The predicted molar refractivity (Wildman–Crippen MR) is 89.8 cm³/mol. The summed E-state index contributed by atoms with van der Waals surface area (Å²) in [5.41, 5.74) is 6.98. The second-order valence-electron chi connectivity index (χ2n) is 7.59. The first kappa shape index (κ1) is 15.6. The molecule has 1 atom stereocenters. The lowest BCUT2D eigenvalue weighted by Gasteiger charge is -2.42. The van der Waals surface area contributed by atoms with E-state index in [4.69, 9.17) is 0 Å². The summed E-state index contributed by atoms with van der Waals surface area (Å²) < 4.78 is 0. The van der Waals surface area contributed by atoms with Crippen LogP contribution < -0.4 is 0 Å². The SMILES string of the molecule is CC1=C2CC/C(C)=C\CC/C(C)=C\CC(CC1)C2(C)C. The van der Waals surface area contributed by atoms with Gasteiger partial charge in [0.1, 0.15) is 0 Å². The molecule has 0 aliphatic heterocycles. The molecule has 0 spiro atoms. The molecule has 0 aromatic carbocycles. The van der Waals surface area contributed by atoms with Crippen molar-refractivity contribution in [2.24, 2.45) is 11.3 Å². The van der Waals surface area contributed by atoms with Crippen LogP contribution in [0.5, 0.6) is 0 Å². The lowest BCUT2D eigenvalue weighted by molar-refractivity contribution is 0.223. The highest BCUT2D eigenvalue weighted by Gasteiger charge is 2.36. The van der Waals surface area contributed by atoms with Gasteiger partial charge in [0.25, 0.3) is 0 Å². The fourth-order valence-electron chi connectivity index (χ4n) is 4.06. The molecule has 0 fully saturated rings. The maximum atomic E-state index is 2.52. The largest absolute Gasteiger partial charge is 0.0853 e. The Morgan fingerprint density at radius 2 is 1.60 bits per heavy atom. The van der Waals surface area contributed by atoms with Gasteiger partial charge in [-0.1, -0.05) is 48.3 Å². The smallest absolute Gasteiger partial charge is 0.0111 e. The number of hydrogen-bond acceptors (Lipinski definition) is 0. The fourth-order valence-corrected chi connectivity index (χ4v) is 4.06. The molecule has 0 nitrogen and oxygen atoms in total. The summed E-state index contributed by atoms with van der Waals surface area (Å²) in [6.45, 7) is 12.0. The molecule has 0 amide bonds. The Bertz CT molecular complexity index is 443. The number of rotatable bonds is 0. The van der Waals surface area contributed by atoms with Crippen LogP contribution in [0.2, 0.25) is 0 Å². The first-order valence-corrected chi connectivity index (χ1v) is 8.41. The Balaban J connectivity index is 2.32. The Morgan fingerprint density at radius 3 is 2.35 bits per heavy atom. The second kappa shape index (κ2) is 6.33. The Morgan fingerprint density at radius 1 is 0.900 bits per heavy atom. The monoisotopic (exact) mass is 272 g/mol. The molecule has 20 heavy (non-hydrogen) atoms. The quantitative estimate of drug-likeness (QED) is 0.436. The fraction of sp³-hybridized carbons (Fsp3) is 0.700. The molecule has 2 aliphatic rings. The van der Waals surface area contributed by atoms with E-state index in [1.165, 1.54) is 44.9 Å². The zero-order valence-electron chi connectivity index (χ0n) is 14.2. The van der Waals surface area contributed by atoms with E-state index in [2.05, 4.69) is 46.8 Å². The molecule has 0 N–H and O–H groups in total. The molecule has 0 saturated carbocycles. The lowest BCUT2D eigenvalue weighted by atomic mass is 9.63. The molecule has 2 aliphatic carbocycles. The predicted octanol–water partition coefficient (Wildman–Crippen LogP) is 6.60. The first-order chi connectivity index (χ1) is 9.41. The molecule has 2 rings (SSSR count). The highest BCUT2D eigenvalue weighted by Crippen LogP contribution is 2.48. The molecule has 2 bridgehead atoms. The highest BCUT2D eigenvalue weighted by atomic mass is 14.4. The van der Waals surface area contributed by atoms with E-state index >= 15 is 0 Å². The van der Waals surface area contributed by atoms with Gasteiger partial charge in [0, 0.05) is 0 Å². The lowest BCUT2D eigenvalue weighted by Crippen LogP contribution is -2.30. The average molecular weight is 272 g/mol. The van der Waals surface area contributed by atoms with Gasteiger partial charge in [0.15, 0.2) is 0 Å². The van der Waals surface area contributed by atoms with Crippen molar-refractivity contribution < 1.29 is 0 Å². The van der Waals surface area contributed by atoms with Crippen molar-refractivity contribution in [3.8, 4) is 0 Å². The zero-order chi connectivity index (χ0) is 14.8. The van der Waals surface area contributed by atoms with E-state index in [-0.39, 0.29) is 0 Å². The van der Waals surface area contributed by atoms with Crippen molar-refractivity contribution in [1.82, 2.24) is 0 Å². The van der Waals surface area contributed by atoms with Crippen molar-refractivity contribution in [3.63, 3.8) is 0 Å². The Kier molecular flexibility index (Phi) is 4.94. The molecule has 0 heterocycles. The van der Waals surface area contributed by atoms with Crippen LogP contribution in [0.3, 0.4) is 0 Å². The van der Waals surface area contributed by atoms with Gasteiger partial charge in [-0.05, 0) is 77.0 Å². The van der Waals surface area contributed by atoms with E-state index in [1.807, 2.05) is 0 Å². The van der Waals surface area contributed by atoms with Crippen LogP contribution in [-0.2, 0) is 0 Å². The van der Waals surface area contributed by atoms with Gasteiger partial charge in [-0.15, -0.1) is 0 Å². The van der Waals surface area contributed by atoms with Crippen molar-refractivity contribution in [3.05, 3.63) is 34.4 Å². The maximum Gasteiger partial charge on any atom is -0.0111 e. The van der Waals surface area contributed by atoms with Crippen LogP contribution in [0.4, 0.5) is 0 Å². The first-order valence-electron chi connectivity index (χ1n) is 8.41. The van der Waals surface area contributed by atoms with Gasteiger partial charge in [0.2, 0.25) is 0 Å². The third-order valence-corrected chi connectivity index (χ3v) is 5.73. The van der Waals surface area contributed by atoms with Gasteiger partial charge in [0.05, 0.1) is 0 Å². The minimum atomic E-state index is 0.387. The highest BCUT2D eigenvalue weighted by molar-refractivity contribution is 5.26. The van der Waals surface area contributed by atoms with E-state index < -0.39 is 0 Å². The van der Waals surface area contributed by atoms with E-state index in [9.17, 15) is 0 Å². The summed E-state index contributed by atoms with van der Waals surface area (Å²) in [5, 5.41) is 0. The normalized spacial score (nSPS) is 33.4. The molecule has 0 aromatic heterocycles. The number of hydrogen-bond donors (Lipinski definition) is 0. The van der Waals surface area contributed by atoms with Gasteiger partial charge < -0.3 is 0 Å². The standard InChI is InChI=1S/C20H32/c1-15-7-6-8-16(2)10-14-19-17(3)11-13-18(12-9-15)20(19,4)5/h8-9,18H,6-7,10-14H2,1-5H3/b15-9-,16-8-. The van der Waals surface area contributed by atoms with E-state index in [1.54, 1.807) is 22.3 Å². The molecule has 0 heteroatoms. The average Bonchev–Trinajstić information content (AvgIpc) is 2.36. The number of fused-ring (bicyclic) bond motifs is 2. The molecule has 0 aromatic rings. The van der Waals surface area contributed by atoms with Crippen molar-refractivity contribution in [2.45, 2.75) is 79.6 Å². The van der Waals surface area contributed by atoms with Crippen LogP contribution in [0.25, 0.3) is 0 Å². The third-order valence-electron chi connectivity index (χ3n) is 5.73. The molecule has 0 saturated heterocycles. The van der Waals surface area contributed by atoms with Gasteiger partial charge in [-0.3, -0.25) is 0 Å². The zero-order valence-corrected chi connectivity index (χ0v) is 14.2. The van der Waals surface area contributed by atoms with E-state index in [0.29, 0.717) is 5.41 Å². The Hall–Kier alpha value is -0.780. The summed E-state index contributed by atoms with van der Waals surface area (Å²) in [6.07, 6.45) is 14.0. The van der Waals surface area contributed by atoms with Gasteiger partial charge in [-0.2, -0.15) is 0 Å². The summed E-state index contributed by atoms with van der Waals surface area (Å²) in [7, 11) is 0. The summed E-state index contributed by atoms with van der Waals surface area (Å²) in [5.74, 6) is 0.833. The Labute approximate surface area is 126 Å². The van der Waals surface area contributed by atoms with Crippen molar-refractivity contribution in [2.75, 3.05) is 0 Å². The second-order valence-corrected chi connectivity index (χ2v) is 7.59. The van der Waals surface area contributed by atoms with Crippen LogP contribution in [0, 0.1) is 11.3 Å². The van der Waals surface area contributed by atoms with E-state index in [0.717, 1.165) is 5.92 Å². The van der Waals surface area contributed by atoms with Gasteiger partial charge in [-0.25, -0.2) is 0 Å². The van der Waals surface area contributed by atoms with Crippen LogP contribution in [0.15, 0.2) is 34.4 Å². The molecule has 0 radical (unpaired) electrons. The minimum Gasteiger partial charge on any atom is -0.0853 e. The number of allylic oxidation sites excluding steroid dienone is 6. The van der Waals surface area contributed by atoms with Crippen molar-refractivity contribution in [1.29, 1.82) is 0 Å². The maximum absolute atomic E-state index is 2.52. The molecule has 1 unspecified atom stereocenters. The molecule has 112 valence electrons. The van der Waals surface area contributed by atoms with Crippen LogP contribution in [-0.4, -0.2) is 0 Å².